The van der Waals surface area contributed by atoms with Crippen molar-refractivity contribution >= 4 is 11.7 Å². The number of aryl methyl sites for hydroxylation is 1. The fourth-order valence-electron chi connectivity index (χ4n) is 2.82. The highest BCUT2D eigenvalue weighted by molar-refractivity contribution is 5.81. The maximum absolute atomic E-state index is 12.1. The van der Waals surface area contributed by atoms with Crippen molar-refractivity contribution in [2.45, 2.75) is 39.7 Å². The minimum absolute atomic E-state index is 0.0586. The normalized spacial score (nSPS) is 17.0. The molecule has 2 rings (SSSR count). The molecule has 1 atom stereocenters. The van der Waals surface area contributed by atoms with Gasteiger partial charge in [-0.2, -0.15) is 0 Å². The minimum Gasteiger partial charge on any atom is -0.354 e. The van der Waals surface area contributed by atoms with E-state index < -0.39 is 0 Å². The Labute approximate surface area is 145 Å². The van der Waals surface area contributed by atoms with E-state index in [0.29, 0.717) is 12.5 Å². The Bertz CT molecular complexity index is 579. The summed E-state index contributed by atoms with van der Waals surface area (Å²) in [5, 5.41) is 2.87. The molecule has 1 aromatic heterocycles. The van der Waals surface area contributed by atoms with Crippen LogP contribution in [0.15, 0.2) is 18.7 Å². The molecular weight excluding hydrogens is 302 g/mol. The number of nitrogens with one attached hydrogen (secondary N) is 1. The van der Waals surface area contributed by atoms with E-state index >= 15 is 0 Å². The Balaban J connectivity index is 1.97. The van der Waals surface area contributed by atoms with Crippen LogP contribution in [-0.4, -0.2) is 59.5 Å². The van der Waals surface area contributed by atoms with Gasteiger partial charge in [-0.3, -0.25) is 9.69 Å². The van der Waals surface area contributed by atoms with Crippen molar-refractivity contribution in [1.29, 1.82) is 0 Å². The number of anilines is 1. The van der Waals surface area contributed by atoms with E-state index in [2.05, 4.69) is 40.5 Å². The van der Waals surface area contributed by atoms with E-state index in [1.54, 1.807) is 6.08 Å². The molecule has 132 valence electrons. The van der Waals surface area contributed by atoms with Gasteiger partial charge in [0.05, 0.1) is 6.04 Å². The molecule has 1 N–H and O–H groups in total. The first kappa shape index (κ1) is 18.4. The van der Waals surface area contributed by atoms with Gasteiger partial charge in [0.15, 0.2) is 0 Å². The third-order valence-corrected chi connectivity index (χ3v) is 4.36. The van der Waals surface area contributed by atoms with Crippen LogP contribution in [0.4, 0.5) is 5.82 Å². The van der Waals surface area contributed by atoms with Gasteiger partial charge >= 0.3 is 0 Å². The molecule has 1 amide bonds. The first-order chi connectivity index (χ1) is 11.4. The number of carbonyl (C=O) groups excluding carboxylic acids is 1. The highest BCUT2D eigenvalue weighted by Crippen LogP contribution is 2.19. The minimum atomic E-state index is -0.120. The first-order valence-electron chi connectivity index (χ1n) is 8.65. The number of rotatable bonds is 6. The Morgan fingerprint density at radius 2 is 1.96 bits per heavy atom. The third-order valence-electron chi connectivity index (χ3n) is 4.36. The summed E-state index contributed by atoms with van der Waals surface area (Å²) in [7, 11) is 0. The summed E-state index contributed by atoms with van der Waals surface area (Å²) in [4.78, 5) is 25.8. The van der Waals surface area contributed by atoms with Crippen molar-refractivity contribution in [3.05, 3.63) is 30.2 Å². The third kappa shape index (κ3) is 4.54. The van der Waals surface area contributed by atoms with Crippen LogP contribution >= 0.6 is 0 Å². The van der Waals surface area contributed by atoms with Crippen molar-refractivity contribution in [3.63, 3.8) is 0 Å². The van der Waals surface area contributed by atoms with Crippen molar-refractivity contribution in [3.8, 4) is 0 Å². The standard InChI is InChI=1S/C18H29N5O/c1-6-7-19-18(24)15(5)22-8-10-23(11-9-22)16-12-14(4)20-17(21-16)13(2)3/h6,12-13,15H,1,7-11H2,2-5H3,(H,19,24). The van der Waals surface area contributed by atoms with E-state index in [1.807, 2.05) is 19.9 Å². The Morgan fingerprint density at radius 1 is 1.29 bits per heavy atom. The van der Waals surface area contributed by atoms with Crippen LogP contribution < -0.4 is 10.2 Å². The summed E-state index contributed by atoms with van der Waals surface area (Å²) < 4.78 is 0. The molecule has 0 radical (unpaired) electrons. The molecule has 1 aliphatic heterocycles. The molecule has 0 aliphatic carbocycles. The van der Waals surface area contributed by atoms with Crippen LogP contribution in [0.2, 0.25) is 0 Å². The number of amides is 1. The SMILES string of the molecule is C=CCNC(=O)C(C)N1CCN(c2cc(C)nc(C(C)C)n2)CC1. The number of nitrogens with zero attached hydrogens (tertiary/aromatic N) is 4. The molecule has 2 heterocycles. The second-order valence-electron chi connectivity index (χ2n) is 6.61. The van der Waals surface area contributed by atoms with Crippen LogP contribution in [0.1, 0.15) is 38.2 Å². The molecule has 0 saturated carbocycles. The predicted octanol–water partition coefficient (Wildman–Crippen LogP) is 1.72. The van der Waals surface area contributed by atoms with Crippen molar-refractivity contribution in [1.82, 2.24) is 20.2 Å². The molecule has 0 aromatic carbocycles. The van der Waals surface area contributed by atoms with Crippen LogP contribution in [-0.2, 0) is 4.79 Å². The molecule has 1 aromatic rings. The fourth-order valence-corrected chi connectivity index (χ4v) is 2.82. The summed E-state index contributed by atoms with van der Waals surface area (Å²) >= 11 is 0. The molecule has 1 saturated heterocycles. The van der Waals surface area contributed by atoms with Crippen LogP contribution in [0.3, 0.4) is 0 Å². The van der Waals surface area contributed by atoms with Gasteiger partial charge in [-0.1, -0.05) is 19.9 Å². The fraction of sp³-hybridized carbons (Fsp3) is 0.611. The van der Waals surface area contributed by atoms with E-state index in [4.69, 9.17) is 4.98 Å². The highest BCUT2D eigenvalue weighted by atomic mass is 16.2. The quantitative estimate of drug-likeness (QED) is 0.804. The van der Waals surface area contributed by atoms with E-state index in [9.17, 15) is 4.79 Å². The van der Waals surface area contributed by atoms with Crippen LogP contribution in [0, 0.1) is 6.92 Å². The van der Waals surface area contributed by atoms with E-state index in [-0.39, 0.29) is 11.9 Å². The van der Waals surface area contributed by atoms with Gasteiger partial charge in [0.2, 0.25) is 5.91 Å². The van der Waals surface area contributed by atoms with Crippen molar-refractivity contribution in [2.24, 2.45) is 0 Å². The molecule has 6 heteroatoms. The Kier molecular flexibility index (Phi) is 6.31. The molecule has 0 bridgehead atoms. The molecule has 1 fully saturated rings. The summed E-state index contributed by atoms with van der Waals surface area (Å²) in [6.45, 7) is 15.8. The van der Waals surface area contributed by atoms with E-state index in [1.165, 1.54) is 0 Å². The van der Waals surface area contributed by atoms with Gasteiger partial charge < -0.3 is 10.2 Å². The zero-order valence-electron chi connectivity index (χ0n) is 15.2. The lowest BCUT2D eigenvalue weighted by Crippen LogP contribution is -2.54. The molecular formula is C18H29N5O. The maximum Gasteiger partial charge on any atom is 0.237 e. The number of aromatic nitrogens is 2. The van der Waals surface area contributed by atoms with Crippen LogP contribution in [0.25, 0.3) is 0 Å². The van der Waals surface area contributed by atoms with Gasteiger partial charge in [-0.15, -0.1) is 6.58 Å². The second kappa shape index (κ2) is 8.24. The maximum atomic E-state index is 12.1. The zero-order valence-corrected chi connectivity index (χ0v) is 15.2. The molecule has 1 unspecified atom stereocenters. The topological polar surface area (TPSA) is 61.4 Å². The molecule has 6 nitrogen and oxygen atoms in total. The number of hydrogen-bond acceptors (Lipinski definition) is 5. The summed E-state index contributed by atoms with van der Waals surface area (Å²) in [5.41, 5.74) is 1.00. The second-order valence-corrected chi connectivity index (χ2v) is 6.61. The van der Waals surface area contributed by atoms with Gasteiger partial charge in [-0.05, 0) is 13.8 Å². The lowest BCUT2D eigenvalue weighted by molar-refractivity contribution is -0.125. The summed E-state index contributed by atoms with van der Waals surface area (Å²) in [6, 6.07) is 1.92. The molecule has 1 aliphatic rings. The summed E-state index contributed by atoms with van der Waals surface area (Å²) in [6.07, 6.45) is 1.70. The van der Waals surface area contributed by atoms with Gasteiger partial charge in [-0.25, -0.2) is 9.97 Å². The lowest BCUT2D eigenvalue weighted by Gasteiger charge is -2.38. The van der Waals surface area contributed by atoms with Gasteiger partial charge in [0.25, 0.3) is 0 Å². The monoisotopic (exact) mass is 331 g/mol. The van der Waals surface area contributed by atoms with Gasteiger partial charge in [0.1, 0.15) is 11.6 Å². The average molecular weight is 331 g/mol. The zero-order chi connectivity index (χ0) is 17.7. The molecule has 24 heavy (non-hydrogen) atoms. The lowest BCUT2D eigenvalue weighted by atomic mass is 10.2. The number of carbonyl (C=O) groups is 1. The van der Waals surface area contributed by atoms with Crippen LogP contribution in [0.5, 0.6) is 0 Å². The molecule has 0 spiro atoms. The number of piperazine rings is 1. The van der Waals surface area contributed by atoms with Crippen molar-refractivity contribution in [2.75, 3.05) is 37.6 Å². The van der Waals surface area contributed by atoms with E-state index in [0.717, 1.165) is 43.5 Å². The van der Waals surface area contributed by atoms with Gasteiger partial charge in [0, 0.05) is 50.4 Å². The smallest absolute Gasteiger partial charge is 0.237 e. The largest absolute Gasteiger partial charge is 0.354 e. The highest BCUT2D eigenvalue weighted by Gasteiger charge is 2.26. The first-order valence-corrected chi connectivity index (χ1v) is 8.65. The van der Waals surface area contributed by atoms with Crippen molar-refractivity contribution < 1.29 is 4.79 Å². The predicted molar refractivity (Wildman–Crippen MR) is 97.3 cm³/mol. The number of hydrogen-bond donors (Lipinski definition) is 1. The Hall–Kier alpha value is -1.95. The average Bonchev–Trinajstić information content (AvgIpc) is 2.58. The Morgan fingerprint density at radius 3 is 2.54 bits per heavy atom. The summed E-state index contributed by atoms with van der Waals surface area (Å²) in [5.74, 6) is 2.26.